The lowest BCUT2D eigenvalue weighted by molar-refractivity contribution is 0.261. The van der Waals surface area contributed by atoms with E-state index in [1.54, 1.807) is 12.4 Å². The number of rotatable bonds is 3. The van der Waals surface area contributed by atoms with E-state index in [2.05, 4.69) is 50.1 Å². The fourth-order valence-corrected chi connectivity index (χ4v) is 2.26. The van der Waals surface area contributed by atoms with Gasteiger partial charge in [0.15, 0.2) is 0 Å². The maximum Gasteiger partial charge on any atom is 0.222 e. The van der Waals surface area contributed by atoms with Crippen LogP contribution in [0.3, 0.4) is 0 Å². The van der Waals surface area contributed by atoms with Gasteiger partial charge in [-0.3, -0.25) is 4.90 Å². The highest BCUT2D eigenvalue weighted by Gasteiger charge is 2.26. The van der Waals surface area contributed by atoms with E-state index in [1.807, 2.05) is 0 Å². The molecular formula is C11H17BrN4. The van der Waals surface area contributed by atoms with Crippen LogP contribution in [0.5, 0.6) is 0 Å². The van der Waals surface area contributed by atoms with Crippen molar-refractivity contribution in [2.75, 3.05) is 18.9 Å². The molecule has 1 aromatic rings. The molecule has 4 nitrogen and oxygen atoms in total. The highest BCUT2D eigenvalue weighted by Crippen LogP contribution is 2.21. The molecule has 2 atom stereocenters. The van der Waals surface area contributed by atoms with Gasteiger partial charge in [-0.25, -0.2) is 9.97 Å². The van der Waals surface area contributed by atoms with Gasteiger partial charge in [0.05, 0.1) is 4.47 Å². The second kappa shape index (κ2) is 5.10. The van der Waals surface area contributed by atoms with Crippen LogP contribution in [-0.2, 0) is 0 Å². The molecular weight excluding hydrogens is 268 g/mol. The lowest BCUT2D eigenvalue weighted by Crippen LogP contribution is -2.35. The fourth-order valence-electron chi connectivity index (χ4n) is 2.06. The van der Waals surface area contributed by atoms with Crippen LogP contribution in [0.25, 0.3) is 0 Å². The van der Waals surface area contributed by atoms with Gasteiger partial charge >= 0.3 is 0 Å². The van der Waals surface area contributed by atoms with Crippen molar-refractivity contribution in [1.29, 1.82) is 0 Å². The third kappa shape index (κ3) is 2.71. The Bertz CT molecular complexity index is 340. The molecule has 1 saturated heterocycles. The van der Waals surface area contributed by atoms with Gasteiger partial charge in [-0.1, -0.05) is 0 Å². The quantitative estimate of drug-likeness (QED) is 0.923. The predicted molar refractivity (Wildman–Crippen MR) is 68.5 cm³/mol. The van der Waals surface area contributed by atoms with Gasteiger partial charge in [-0.2, -0.15) is 0 Å². The molecule has 1 aliphatic rings. The van der Waals surface area contributed by atoms with Crippen LogP contribution < -0.4 is 5.32 Å². The minimum Gasteiger partial charge on any atom is -0.353 e. The standard InChI is InChI=1S/C11H17BrN4/c1-8-3-4-10(16(8)2)7-15-11-13-5-9(12)6-14-11/h5-6,8,10H,3-4,7H2,1-2H3,(H,13,14,15)/t8-,10-/m0/s1. The summed E-state index contributed by atoms with van der Waals surface area (Å²) in [6, 6.07) is 1.29. The summed E-state index contributed by atoms with van der Waals surface area (Å²) in [4.78, 5) is 10.8. The van der Waals surface area contributed by atoms with Crippen molar-refractivity contribution in [2.45, 2.75) is 31.8 Å². The van der Waals surface area contributed by atoms with Gasteiger partial charge in [0.1, 0.15) is 0 Å². The topological polar surface area (TPSA) is 41.1 Å². The molecule has 0 radical (unpaired) electrons. The number of nitrogens with one attached hydrogen (secondary N) is 1. The van der Waals surface area contributed by atoms with Crippen molar-refractivity contribution in [3.8, 4) is 0 Å². The molecule has 0 unspecified atom stereocenters. The van der Waals surface area contributed by atoms with E-state index < -0.39 is 0 Å². The number of likely N-dealkylation sites (N-methyl/N-ethyl adjacent to an activating group) is 1. The summed E-state index contributed by atoms with van der Waals surface area (Å²) in [5.41, 5.74) is 0. The molecule has 2 rings (SSSR count). The Morgan fingerprint density at radius 2 is 2.12 bits per heavy atom. The van der Waals surface area contributed by atoms with Crippen LogP contribution in [0.1, 0.15) is 19.8 Å². The summed E-state index contributed by atoms with van der Waals surface area (Å²) in [6.07, 6.45) is 6.05. The summed E-state index contributed by atoms with van der Waals surface area (Å²) < 4.78 is 0.907. The molecule has 0 saturated carbocycles. The van der Waals surface area contributed by atoms with Crippen LogP contribution >= 0.6 is 15.9 Å². The first-order valence-corrected chi connectivity index (χ1v) is 6.39. The molecule has 0 bridgehead atoms. The van der Waals surface area contributed by atoms with Crippen molar-refractivity contribution < 1.29 is 0 Å². The second-order valence-corrected chi connectivity index (χ2v) is 5.27. The number of halogens is 1. The van der Waals surface area contributed by atoms with Crippen LogP contribution in [0.2, 0.25) is 0 Å². The third-order valence-electron chi connectivity index (χ3n) is 3.31. The molecule has 0 amide bonds. The lowest BCUT2D eigenvalue weighted by atomic mass is 10.2. The highest BCUT2D eigenvalue weighted by molar-refractivity contribution is 9.10. The van der Waals surface area contributed by atoms with Crippen molar-refractivity contribution >= 4 is 21.9 Å². The average molecular weight is 285 g/mol. The average Bonchev–Trinajstić information content (AvgIpc) is 2.60. The second-order valence-electron chi connectivity index (χ2n) is 4.35. The molecule has 0 aliphatic carbocycles. The maximum absolute atomic E-state index is 4.20. The van der Waals surface area contributed by atoms with E-state index in [9.17, 15) is 0 Å². The smallest absolute Gasteiger partial charge is 0.222 e. The monoisotopic (exact) mass is 284 g/mol. The molecule has 2 heterocycles. The zero-order valence-corrected chi connectivity index (χ0v) is 11.2. The predicted octanol–water partition coefficient (Wildman–Crippen LogP) is 2.13. The van der Waals surface area contributed by atoms with Gasteiger partial charge in [0.25, 0.3) is 0 Å². The Labute approximate surface area is 105 Å². The molecule has 1 fully saturated rings. The number of anilines is 1. The molecule has 0 aromatic carbocycles. The first-order valence-electron chi connectivity index (χ1n) is 5.60. The van der Waals surface area contributed by atoms with Crippen molar-refractivity contribution in [1.82, 2.24) is 14.9 Å². The molecule has 1 N–H and O–H groups in total. The largest absolute Gasteiger partial charge is 0.353 e. The van der Waals surface area contributed by atoms with E-state index in [4.69, 9.17) is 0 Å². The van der Waals surface area contributed by atoms with Crippen LogP contribution in [0, 0.1) is 0 Å². The van der Waals surface area contributed by atoms with E-state index >= 15 is 0 Å². The van der Waals surface area contributed by atoms with Gasteiger partial charge in [-0.05, 0) is 42.7 Å². The van der Waals surface area contributed by atoms with Crippen LogP contribution in [0.4, 0.5) is 5.95 Å². The van der Waals surface area contributed by atoms with Gasteiger partial charge in [0, 0.05) is 31.0 Å². The molecule has 1 aliphatic heterocycles. The normalized spacial score (nSPS) is 25.9. The molecule has 5 heteroatoms. The van der Waals surface area contributed by atoms with Crippen molar-refractivity contribution in [3.05, 3.63) is 16.9 Å². The number of likely N-dealkylation sites (tertiary alicyclic amines) is 1. The van der Waals surface area contributed by atoms with Crippen molar-refractivity contribution in [2.24, 2.45) is 0 Å². The molecule has 0 spiro atoms. The van der Waals surface area contributed by atoms with Crippen LogP contribution in [-0.4, -0.2) is 40.5 Å². The van der Waals surface area contributed by atoms with Gasteiger partial charge in [-0.15, -0.1) is 0 Å². The Hall–Kier alpha value is -0.680. The molecule has 88 valence electrons. The Kier molecular flexibility index (Phi) is 3.76. The summed E-state index contributed by atoms with van der Waals surface area (Å²) in [7, 11) is 2.19. The summed E-state index contributed by atoms with van der Waals surface area (Å²) >= 11 is 3.32. The van der Waals surface area contributed by atoms with Crippen LogP contribution in [0.15, 0.2) is 16.9 Å². The SMILES string of the molecule is C[C@H]1CC[C@@H](CNc2ncc(Br)cn2)N1C. The third-order valence-corrected chi connectivity index (χ3v) is 3.71. The molecule has 16 heavy (non-hydrogen) atoms. The summed E-state index contributed by atoms with van der Waals surface area (Å²) in [5, 5.41) is 3.28. The first kappa shape index (κ1) is 11.8. The first-order chi connectivity index (χ1) is 7.66. The van der Waals surface area contributed by atoms with Gasteiger partial charge in [0.2, 0.25) is 5.95 Å². The lowest BCUT2D eigenvalue weighted by Gasteiger charge is -2.23. The fraction of sp³-hybridized carbons (Fsp3) is 0.636. The van der Waals surface area contributed by atoms with E-state index in [1.165, 1.54) is 12.8 Å². The minimum atomic E-state index is 0.599. The number of hydrogen-bond acceptors (Lipinski definition) is 4. The zero-order chi connectivity index (χ0) is 11.5. The number of hydrogen-bond donors (Lipinski definition) is 1. The zero-order valence-electron chi connectivity index (χ0n) is 9.65. The summed E-state index contributed by atoms with van der Waals surface area (Å²) in [6.45, 7) is 3.19. The number of nitrogens with zero attached hydrogens (tertiary/aromatic N) is 3. The van der Waals surface area contributed by atoms with E-state index in [0.717, 1.165) is 11.0 Å². The number of aromatic nitrogens is 2. The maximum atomic E-state index is 4.20. The highest BCUT2D eigenvalue weighted by atomic mass is 79.9. The Morgan fingerprint density at radius 1 is 1.44 bits per heavy atom. The summed E-state index contributed by atoms with van der Waals surface area (Å²) in [5.74, 6) is 0.705. The van der Waals surface area contributed by atoms with Crippen molar-refractivity contribution in [3.63, 3.8) is 0 Å². The van der Waals surface area contributed by atoms with E-state index in [-0.39, 0.29) is 0 Å². The Balaban J connectivity index is 1.86. The van der Waals surface area contributed by atoms with E-state index in [0.29, 0.717) is 18.0 Å². The Morgan fingerprint density at radius 3 is 2.69 bits per heavy atom. The molecule has 1 aromatic heterocycles. The minimum absolute atomic E-state index is 0.599. The van der Waals surface area contributed by atoms with Gasteiger partial charge < -0.3 is 5.32 Å².